The fourth-order valence-electron chi connectivity index (χ4n) is 1.38. The Morgan fingerprint density at radius 1 is 1.21 bits per heavy atom. The summed E-state index contributed by atoms with van der Waals surface area (Å²) in [6, 6.07) is 9.11. The molecular weight excluding hydrogens is 279 g/mol. The number of amides is 1. The van der Waals surface area contributed by atoms with E-state index in [1.165, 1.54) is 0 Å². The van der Waals surface area contributed by atoms with Crippen LogP contribution in [0.1, 0.15) is 12.0 Å². The van der Waals surface area contributed by atoms with Gasteiger partial charge in [-0.1, -0.05) is 30.3 Å². The van der Waals surface area contributed by atoms with Gasteiger partial charge in [0, 0.05) is 28.9 Å². The van der Waals surface area contributed by atoms with Crippen molar-refractivity contribution in [3.63, 3.8) is 0 Å². The number of halogens is 3. The second-order valence-corrected chi connectivity index (χ2v) is 5.49. The van der Waals surface area contributed by atoms with Gasteiger partial charge in [0.25, 0.3) is 0 Å². The second-order valence-electron chi connectivity index (χ2n) is 3.92. The van der Waals surface area contributed by atoms with Gasteiger partial charge in [0.15, 0.2) is 0 Å². The number of hydrogen-bond donors (Lipinski definition) is 1. The first-order valence-electron chi connectivity index (χ1n) is 5.59. The molecule has 1 atom stereocenters. The molecule has 7 heteroatoms. The molecular formula is C12H14F3NO2S. The highest BCUT2D eigenvalue weighted by Gasteiger charge is 2.30. The van der Waals surface area contributed by atoms with Crippen LogP contribution in [0.5, 0.6) is 0 Å². The molecule has 0 saturated heterocycles. The minimum Gasteiger partial charge on any atom is -0.355 e. The normalized spacial score (nSPS) is 13.0. The third-order valence-corrected chi connectivity index (χ3v) is 3.50. The minimum absolute atomic E-state index is 0.0195. The van der Waals surface area contributed by atoms with E-state index >= 15 is 0 Å². The maximum absolute atomic E-state index is 11.9. The predicted octanol–water partition coefficient (Wildman–Crippen LogP) is 2.00. The summed E-state index contributed by atoms with van der Waals surface area (Å²) in [6.45, 7) is -0.0195. The summed E-state index contributed by atoms with van der Waals surface area (Å²) in [6.07, 6.45) is -6.01. The first kappa shape index (κ1) is 15.7. The second kappa shape index (κ2) is 7.28. The number of rotatable bonds is 6. The van der Waals surface area contributed by atoms with Gasteiger partial charge in [0.1, 0.15) is 6.42 Å². The Balaban J connectivity index is 2.23. The van der Waals surface area contributed by atoms with Crippen molar-refractivity contribution in [3.05, 3.63) is 35.9 Å². The molecule has 1 aromatic carbocycles. The molecule has 0 saturated carbocycles. The largest absolute Gasteiger partial charge is 0.397 e. The SMILES string of the molecule is O=C(CC(F)(F)F)NCCS(=O)Cc1ccccc1. The average Bonchev–Trinajstić information content (AvgIpc) is 2.27. The lowest BCUT2D eigenvalue weighted by Gasteiger charge is -2.07. The summed E-state index contributed by atoms with van der Waals surface area (Å²) >= 11 is 0. The van der Waals surface area contributed by atoms with Crippen molar-refractivity contribution in [2.24, 2.45) is 0 Å². The van der Waals surface area contributed by atoms with Crippen molar-refractivity contribution in [2.45, 2.75) is 18.3 Å². The van der Waals surface area contributed by atoms with Crippen LogP contribution in [0.3, 0.4) is 0 Å². The van der Waals surface area contributed by atoms with Crippen molar-refractivity contribution in [1.82, 2.24) is 5.32 Å². The van der Waals surface area contributed by atoms with Crippen LogP contribution < -0.4 is 5.32 Å². The Bertz CT molecular complexity index is 434. The number of benzene rings is 1. The van der Waals surface area contributed by atoms with Crippen molar-refractivity contribution in [3.8, 4) is 0 Å². The van der Waals surface area contributed by atoms with Gasteiger partial charge in [-0.05, 0) is 5.56 Å². The lowest BCUT2D eigenvalue weighted by atomic mass is 10.2. The van der Waals surface area contributed by atoms with E-state index in [-0.39, 0.29) is 12.3 Å². The van der Waals surface area contributed by atoms with Gasteiger partial charge >= 0.3 is 6.18 Å². The van der Waals surface area contributed by atoms with Crippen molar-refractivity contribution >= 4 is 16.7 Å². The Kier molecular flexibility index (Phi) is 6.01. The highest BCUT2D eigenvalue weighted by Crippen LogP contribution is 2.18. The van der Waals surface area contributed by atoms with Gasteiger partial charge in [0.05, 0.1) is 0 Å². The standard InChI is InChI=1S/C12H14F3NO2S/c13-12(14,15)8-11(17)16-6-7-19(18)9-10-4-2-1-3-5-10/h1-5H,6-9H2,(H,16,17). The third-order valence-electron chi connectivity index (χ3n) is 2.18. The van der Waals surface area contributed by atoms with Crippen LogP contribution in [-0.2, 0) is 21.3 Å². The van der Waals surface area contributed by atoms with Crippen LogP contribution in [0.15, 0.2) is 30.3 Å². The third kappa shape index (κ3) is 7.61. The highest BCUT2D eigenvalue weighted by molar-refractivity contribution is 7.84. The lowest BCUT2D eigenvalue weighted by molar-refractivity contribution is -0.153. The zero-order valence-corrected chi connectivity index (χ0v) is 10.9. The summed E-state index contributed by atoms with van der Waals surface area (Å²) in [5.41, 5.74) is 0.891. The van der Waals surface area contributed by atoms with Crippen LogP contribution in [0.25, 0.3) is 0 Å². The molecule has 1 aromatic rings. The van der Waals surface area contributed by atoms with Crippen molar-refractivity contribution in [1.29, 1.82) is 0 Å². The van der Waals surface area contributed by atoms with Gasteiger partial charge in [-0.2, -0.15) is 13.2 Å². The number of alkyl halides is 3. The molecule has 1 rings (SSSR count). The molecule has 0 bridgehead atoms. The molecule has 0 aliphatic rings. The van der Waals surface area contributed by atoms with Gasteiger partial charge in [-0.25, -0.2) is 0 Å². The van der Waals surface area contributed by atoms with Gasteiger partial charge in [-0.3, -0.25) is 9.00 Å². The molecule has 3 nitrogen and oxygen atoms in total. The minimum atomic E-state index is -4.51. The van der Waals surface area contributed by atoms with Gasteiger partial charge in [-0.15, -0.1) is 0 Å². The zero-order chi connectivity index (χ0) is 14.3. The fraction of sp³-hybridized carbons (Fsp3) is 0.417. The van der Waals surface area contributed by atoms with E-state index in [0.717, 1.165) is 5.56 Å². The Morgan fingerprint density at radius 3 is 2.42 bits per heavy atom. The smallest absolute Gasteiger partial charge is 0.355 e. The molecule has 0 aliphatic heterocycles. The molecule has 19 heavy (non-hydrogen) atoms. The van der Waals surface area contributed by atoms with E-state index in [2.05, 4.69) is 5.32 Å². The summed E-state index contributed by atoms with van der Waals surface area (Å²) in [4.78, 5) is 10.9. The van der Waals surface area contributed by atoms with Gasteiger partial charge in [0.2, 0.25) is 5.91 Å². The highest BCUT2D eigenvalue weighted by atomic mass is 32.2. The van der Waals surface area contributed by atoms with Gasteiger partial charge < -0.3 is 5.32 Å². The molecule has 0 radical (unpaired) electrons. The summed E-state index contributed by atoms with van der Waals surface area (Å²) in [7, 11) is -1.21. The van der Waals surface area contributed by atoms with E-state index < -0.39 is 29.3 Å². The lowest BCUT2D eigenvalue weighted by Crippen LogP contribution is -2.31. The molecule has 106 valence electrons. The Morgan fingerprint density at radius 2 is 1.84 bits per heavy atom. The summed E-state index contributed by atoms with van der Waals surface area (Å²) in [5, 5.41) is 2.10. The van der Waals surface area contributed by atoms with E-state index in [1.54, 1.807) is 0 Å². The molecule has 0 heterocycles. The number of carbonyl (C=O) groups excluding carboxylic acids is 1. The molecule has 0 aliphatic carbocycles. The van der Waals surface area contributed by atoms with Crippen LogP contribution in [0.4, 0.5) is 13.2 Å². The van der Waals surface area contributed by atoms with Crippen molar-refractivity contribution in [2.75, 3.05) is 12.3 Å². The number of nitrogens with one attached hydrogen (secondary N) is 1. The average molecular weight is 293 g/mol. The maximum Gasteiger partial charge on any atom is 0.397 e. The van der Waals surface area contributed by atoms with Crippen LogP contribution in [-0.4, -0.2) is 28.6 Å². The van der Waals surface area contributed by atoms with E-state index in [0.29, 0.717) is 5.75 Å². The quantitative estimate of drug-likeness (QED) is 0.872. The molecule has 1 unspecified atom stereocenters. The Labute approximate surface area is 111 Å². The monoisotopic (exact) mass is 293 g/mol. The topological polar surface area (TPSA) is 46.2 Å². The van der Waals surface area contributed by atoms with E-state index in [9.17, 15) is 22.2 Å². The number of hydrogen-bond acceptors (Lipinski definition) is 2. The van der Waals surface area contributed by atoms with Crippen molar-refractivity contribution < 1.29 is 22.2 Å². The predicted molar refractivity (Wildman–Crippen MR) is 66.8 cm³/mol. The summed E-state index contributed by atoms with van der Waals surface area (Å²) in [5.74, 6) is -0.627. The van der Waals surface area contributed by atoms with Crippen LogP contribution in [0, 0.1) is 0 Å². The van der Waals surface area contributed by atoms with E-state index in [1.807, 2.05) is 30.3 Å². The molecule has 0 spiro atoms. The first-order valence-corrected chi connectivity index (χ1v) is 7.08. The molecule has 0 aromatic heterocycles. The Hall–Kier alpha value is -1.37. The van der Waals surface area contributed by atoms with Crippen LogP contribution in [0.2, 0.25) is 0 Å². The molecule has 1 amide bonds. The molecule has 1 N–H and O–H groups in total. The van der Waals surface area contributed by atoms with E-state index in [4.69, 9.17) is 0 Å². The summed E-state index contributed by atoms with van der Waals surface area (Å²) < 4.78 is 47.2. The maximum atomic E-state index is 11.9. The van der Waals surface area contributed by atoms with Crippen LogP contribution >= 0.6 is 0 Å². The first-order chi connectivity index (χ1) is 8.87. The zero-order valence-electron chi connectivity index (χ0n) is 10.1. The number of carbonyl (C=O) groups is 1. The molecule has 0 fully saturated rings. The fourth-order valence-corrected chi connectivity index (χ4v) is 2.42.